The van der Waals surface area contributed by atoms with Crippen molar-refractivity contribution in [3.8, 4) is 0 Å². The second-order valence-corrected chi connectivity index (χ2v) is 7.25. The molecule has 0 spiro atoms. The Bertz CT molecular complexity index is 1260. The summed E-state index contributed by atoms with van der Waals surface area (Å²) in [5.41, 5.74) is 6.49. The number of benzene rings is 3. The van der Waals surface area contributed by atoms with Crippen LogP contribution >= 0.6 is 0 Å². The van der Waals surface area contributed by atoms with Crippen LogP contribution in [0.5, 0.6) is 0 Å². The van der Waals surface area contributed by atoms with Gasteiger partial charge in [0, 0.05) is 46.9 Å². The van der Waals surface area contributed by atoms with Crippen molar-refractivity contribution in [1.29, 1.82) is 0 Å². The molecule has 0 saturated heterocycles. The van der Waals surface area contributed by atoms with E-state index < -0.39 is 0 Å². The molecule has 31 heavy (non-hydrogen) atoms. The molecule has 0 unspecified atom stereocenters. The van der Waals surface area contributed by atoms with E-state index in [1.807, 2.05) is 36.4 Å². The first-order valence-corrected chi connectivity index (χ1v) is 10.3. The van der Waals surface area contributed by atoms with Crippen molar-refractivity contribution in [2.45, 2.75) is 26.3 Å². The van der Waals surface area contributed by atoms with Gasteiger partial charge in [-0.2, -0.15) is 5.10 Å². The number of carbonyl (C=O) groups is 2. The predicted octanol–water partition coefficient (Wildman–Crippen LogP) is 4.68. The van der Waals surface area contributed by atoms with Gasteiger partial charge in [0.25, 0.3) is 0 Å². The minimum atomic E-state index is -0.303. The van der Waals surface area contributed by atoms with E-state index in [1.54, 1.807) is 18.3 Å². The molecule has 6 heteroatoms. The molecule has 4 aromatic rings. The van der Waals surface area contributed by atoms with Crippen LogP contribution in [-0.4, -0.2) is 22.6 Å². The average molecular weight is 412 g/mol. The number of para-hydroxylation sites is 2. The number of amides is 2. The summed E-state index contributed by atoms with van der Waals surface area (Å²) in [6.45, 7) is 3.03. The molecule has 3 aromatic carbocycles. The van der Waals surface area contributed by atoms with Crippen LogP contribution in [0.25, 0.3) is 21.8 Å². The van der Waals surface area contributed by atoms with Crippen LogP contribution in [0, 0.1) is 0 Å². The van der Waals surface area contributed by atoms with Crippen molar-refractivity contribution in [3.05, 3.63) is 78.4 Å². The quantitative estimate of drug-likeness (QED) is 0.341. The number of aromatic nitrogens is 1. The van der Waals surface area contributed by atoms with Crippen molar-refractivity contribution >= 4 is 45.5 Å². The largest absolute Gasteiger partial charge is 0.341 e. The van der Waals surface area contributed by atoms with E-state index in [0.29, 0.717) is 5.69 Å². The number of hydrazone groups is 1. The zero-order chi connectivity index (χ0) is 21.6. The fourth-order valence-corrected chi connectivity index (χ4v) is 3.70. The first-order valence-electron chi connectivity index (χ1n) is 10.3. The molecule has 0 fully saturated rings. The van der Waals surface area contributed by atoms with Crippen LogP contribution in [0.15, 0.2) is 77.9 Å². The maximum atomic E-state index is 12.0. The molecule has 0 saturated carbocycles. The Hall–Kier alpha value is -3.93. The van der Waals surface area contributed by atoms with Crippen LogP contribution in [-0.2, 0) is 16.1 Å². The monoisotopic (exact) mass is 412 g/mol. The summed E-state index contributed by atoms with van der Waals surface area (Å²) in [4.78, 5) is 24.0. The molecule has 2 N–H and O–H groups in total. The van der Waals surface area contributed by atoms with Crippen LogP contribution < -0.4 is 10.7 Å². The van der Waals surface area contributed by atoms with Crippen LogP contribution in [0.1, 0.15) is 25.3 Å². The van der Waals surface area contributed by atoms with E-state index in [4.69, 9.17) is 0 Å². The van der Waals surface area contributed by atoms with Gasteiger partial charge in [-0.25, -0.2) is 5.43 Å². The lowest BCUT2D eigenvalue weighted by atomic mass is 10.1. The van der Waals surface area contributed by atoms with Crippen LogP contribution in [0.4, 0.5) is 5.69 Å². The van der Waals surface area contributed by atoms with E-state index in [9.17, 15) is 9.59 Å². The molecule has 1 heterocycles. The molecule has 2 amide bonds. The Balaban J connectivity index is 1.37. The van der Waals surface area contributed by atoms with Gasteiger partial charge in [0.15, 0.2) is 0 Å². The number of rotatable bonds is 7. The zero-order valence-electron chi connectivity index (χ0n) is 17.3. The highest BCUT2D eigenvalue weighted by Gasteiger charge is 2.09. The van der Waals surface area contributed by atoms with E-state index in [2.05, 4.69) is 51.6 Å². The molecule has 1 aromatic heterocycles. The minimum absolute atomic E-state index is 0.0685. The second-order valence-electron chi connectivity index (χ2n) is 7.25. The summed E-state index contributed by atoms with van der Waals surface area (Å²) < 4.78 is 2.29. The lowest BCUT2D eigenvalue weighted by Crippen LogP contribution is -2.20. The smallest absolute Gasteiger partial charge is 0.240 e. The maximum Gasteiger partial charge on any atom is 0.240 e. The first-order chi connectivity index (χ1) is 15.2. The summed E-state index contributed by atoms with van der Waals surface area (Å²) in [5.74, 6) is -0.508. The van der Waals surface area contributed by atoms with Crippen LogP contribution in [0.3, 0.4) is 0 Å². The molecular weight excluding hydrogens is 388 g/mol. The third-order valence-electron chi connectivity index (χ3n) is 5.15. The Morgan fingerprint density at radius 1 is 0.871 bits per heavy atom. The first kappa shape index (κ1) is 20.3. The fraction of sp³-hybridized carbons (Fsp3) is 0.160. The summed E-state index contributed by atoms with van der Waals surface area (Å²) in [5, 5.41) is 9.17. The zero-order valence-corrected chi connectivity index (χ0v) is 17.3. The highest BCUT2D eigenvalue weighted by atomic mass is 16.2. The van der Waals surface area contributed by atoms with Gasteiger partial charge in [0.2, 0.25) is 11.8 Å². The van der Waals surface area contributed by atoms with Crippen molar-refractivity contribution in [2.75, 3.05) is 5.32 Å². The molecule has 0 bridgehead atoms. The average Bonchev–Trinajstić information content (AvgIpc) is 3.11. The number of nitrogens with zero attached hydrogens (tertiary/aromatic N) is 2. The molecule has 0 atom stereocenters. The maximum absolute atomic E-state index is 12.0. The Morgan fingerprint density at radius 2 is 1.58 bits per heavy atom. The number of fused-ring (bicyclic) bond motifs is 3. The fourth-order valence-electron chi connectivity index (χ4n) is 3.70. The molecule has 0 radical (unpaired) electrons. The van der Waals surface area contributed by atoms with Gasteiger partial charge in [-0.3, -0.25) is 9.59 Å². The molecule has 0 aliphatic rings. The van der Waals surface area contributed by atoms with Gasteiger partial charge in [-0.1, -0.05) is 42.5 Å². The van der Waals surface area contributed by atoms with Gasteiger partial charge < -0.3 is 9.88 Å². The van der Waals surface area contributed by atoms with E-state index in [0.717, 1.165) is 17.5 Å². The van der Waals surface area contributed by atoms with E-state index >= 15 is 0 Å². The summed E-state index contributed by atoms with van der Waals surface area (Å²) >= 11 is 0. The Kier molecular flexibility index (Phi) is 6.08. The van der Waals surface area contributed by atoms with Gasteiger partial charge in [0.1, 0.15) is 0 Å². The number of anilines is 1. The van der Waals surface area contributed by atoms with E-state index in [1.165, 1.54) is 16.4 Å². The third kappa shape index (κ3) is 4.64. The van der Waals surface area contributed by atoms with Gasteiger partial charge in [0.05, 0.1) is 6.21 Å². The number of aryl methyl sites for hydroxylation is 1. The second kappa shape index (κ2) is 9.26. The Labute approximate surface area is 180 Å². The standard InChI is InChI=1S/C25H24N4O2/c1-2-29-22-11-7-6-10-20(22)21-16-18(12-13-23(21)29)17-26-28-25(31)15-14-24(30)27-19-8-4-3-5-9-19/h3-13,16-17H,2,14-15H2,1H3,(H,27,30)(H,28,31)/b26-17+. The SMILES string of the molecule is CCn1c2ccccc2c2cc(/C=N/NC(=O)CCC(=O)Nc3ccccc3)ccc21. The van der Waals surface area contributed by atoms with Crippen molar-refractivity contribution in [1.82, 2.24) is 9.99 Å². The molecule has 156 valence electrons. The Morgan fingerprint density at radius 3 is 2.39 bits per heavy atom. The lowest BCUT2D eigenvalue weighted by molar-refractivity contribution is -0.124. The van der Waals surface area contributed by atoms with Crippen molar-refractivity contribution < 1.29 is 9.59 Å². The number of hydrogen-bond donors (Lipinski definition) is 2. The third-order valence-corrected chi connectivity index (χ3v) is 5.15. The topological polar surface area (TPSA) is 75.5 Å². The molecule has 6 nitrogen and oxygen atoms in total. The molecule has 0 aliphatic heterocycles. The lowest BCUT2D eigenvalue weighted by Gasteiger charge is -2.04. The minimum Gasteiger partial charge on any atom is -0.341 e. The van der Waals surface area contributed by atoms with Crippen LogP contribution in [0.2, 0.25) is 0 Å². The van der Waals surface area contributed by atoms with Gasteiger partial charge in [-0.15, -0.1) is 0 Å². The summed E-state index contributed by atoms with van der Waals surface area (Å²) in [6, 6.07) is 23.6. The van der Waals surface area contributed by atoms with E-state index in [-0.39, 0.29) is 24.7 Å². The number of carbonyl (C=O) groups excluding carboxylic acids is 2. The van der Waals surface area contributed by atoms with Gasteiger partial charge in [-0.05, 0) is 42.8 Å². The molecular formula is C25H24N4O2. The highest BCUT2D eigenvalue weighted by molar-refractivity contribution is 6.09. The summed E-state index contributed by atoms with van der Waals surface area (Å²) in [6.07, 6.45) is 1.79. The summed E-state index contributed by atoms with van der Waals surface area (Å²) in [7, 11) is 0. The highest BCUT2D eigenvalue weighted by Crippen LogP contribution is 2.29. The predicted molar refractivity (Wildman–Crippen MR) is 125 cm³/mol. The van der Waals surface area contributed by atoms with Crippen molar-refractivity contribution in [3.63, 3.8) is 0 Å². The van der Waals surface area contributed by atoms with Crippen molar-refractivity contribution in [2.24, 2.45) is 5.10 Å². The number of nitrogens with one attached hydrogen (secondary N) is 2. The number of hydrogen-bond acceptors (Lipinski definition) is 3. The molecule has 4 rings (SSSR count). The molecule has 0 aliphatic carbocycles. The normalized spacial score (nSPS) is 11.3. The van der Waals surface area contributed by atoms with Gasteiger partial charge >= 0.3 is 0 Å².